The summed E-state index contributed by atoms with van der Waals surface area (Å²) in [5, 5.41) is 13.7. The molecule has 0 atom stereocenters. The predicted octanol–water partition coefficient (Wildman–Crippen LogP) is 2.13. The summed E-state index contributed by atoms with van der Waals surface area (Å²) in [6.07, 6.45) is 1.81. The van der Waals surface area contributed by atoms with Crippen LogP contribution in [0.5, 0.6) is 0 Å². The van der Waals surface area contributed by atoms with Crippen LogP contribution in [0, 0.1) is 5.92 Å². The largest absolute Gasteiger partial charge is 0.461 e. The number of hydrogen-bond acceptors (Lipinski definition) is 6. The fourth-order valence-electron chi connectivity index (χ4n) is 2.00. The van der Waals surface area contributed by atoms with Gasteiger partial charge in [0.1, 0.15) is 0 Å². The summed E-state index contributed by atoms with van der Waals surface area (Å²) in [5.41, 5.74) is 0. The van der Waals surface area contributed by atoms with Crippen molar-refractivity contribution in [2.24, 2.45) is 5.92 Å². The van der Waals surface area contributed by atoms with E-state index in [-0.39, 0.29) is 12.3 Å². The quantitative estimate of drug-likeness (QED) is 0.741. The maximum atomic E-state index is 11.6. The van der Waals surface area contributed by atoms with Crippen molar-refractivity contribution in [3.05, 3.63) is 18.4 Å². The summed E-state index contributed by atoms with van der Waals surface area (Å²) in [6, 6.07) is 3.14. The molecule has 24 heavy (non-hydrogen) atoms. The van der Waals surface area contributed by atoms with Crippen LogP contribution in [0.4, 0.5) is 4.79 Å². The van der Waals surface area contributed by atoms with Crippen molar-refractivity contribution in [2.45, 2.75) is 32.0 Å². The number of nitrogens with one attached hydrogen (secondary N) is 2. The molecule has 0 radical (unpaired) electrons. The number of hydrogen-bond donors (Lipinski definition) is 2. The Bertz CT molecular complexity index is 681. The van der Waals surface area contributed by atoms with Crippen LogP contribution in [0.25, 0.3) is 11.6 Å². The van der Waals surface area contributed by atoms with Gasteiger partial charge >= 0.3 is 6.03 Å². The van der Waals surface area contributed by atoms with E-state index in [4.69, 9.17) is 4.42 Å². The molecule has 2 N–H and O–H groups in total. The molecular weight excluding hydrogens is 330 g/mol. The molecule has 0 fully saturated rings. The summed E-state index contributed by atoms with van der Waals surface area (Å²) < 4.78 is 7.40. The van der Waals surface area contributed by atoms with Crippen LogP contribution >= 0.6 is 11.8 Å². The predicted molar refractivity (Wildman–Crippen MR) is 90.5 cm³/mol. The van der Waals surface area contributed by atoms with Gasteiger partial charge in [0.25, 0.3) is 0 Å². The molecular formula is C15H21N5O3S. The summed E-state index contributed by atoms with van der Waals surface area (Å²) in [4.78, 5) is 22.7. The molecule has 3 amide bonds. The number of aromatic nitrogens is 3. The minimum atomic E-state index is -0.506. The number of rotatable bonds is 7. The van der Waals surface area contributed by atoms with Gasteiger partial charge in [0.2, 0.25) is 5.91 Å². The molecule has 2 aromatic heterocycles. The van der Waals surface area contributed by atoms with E-state index >= 15 is 0 Å². The number of furan rings is 1. The van der Waals surface area contributed by atoms with Crippen molar-refractivity contribution in [3.8, 4) is 11.6 Å². The SMILES string of the molecule is CNC(=O)NC(=O)CCSc1nnc(-c2ccco2)n1CC(C)C. The number of thioether (sulfide) groups is 1. The van der Waals surface area contributed by atoms with Gasteiger partial charge in [0, 0.05) is 25.8 Å². The molecule has 0 aliphatic carbocycles. The molecule has 2 rings (SSSR count). The minimum absolute atomic E-state index is 0.211. The standard InChI is InChI=1S/C15H21N5O3S/c1-10(2)9-20-13(11-5-4-7-23-11)18-19-15(20)24-8-6-12(21)17-14(22)16-3/h4-5,7,10H,6,8-9H2,1-3H3,(H2,16,17,21,22). The summed E-state index contributed by atoms with van der Waals surface area (Å²) >= 11 is 1.43. The maximum absolute atomic E-state index is 11.6. The van der Waals surface area contributed by atoms with Gasteiger partial charge in [-0.25, -0.2) is 4.79 Å². The normalized spacial score (nSPS) is 10.8. The molecule has 0 spiro atoms. The molecule has 8 nitrogen and oxygen atoms in total. The average Bonchev–Trinajstić information content (AvgIpc) is 3.17. The zero-order chi connectivity index (χ0) is 17.5. The van der Waals surface area contributed by atoms with Gasteiger partial charge in [-0.15, -0.1) is 10.2 Å². The average molecular weight is 351 g/mol. The minimum Gasteiger partial charge on any atom is -0.461 e. The molecule has 2 aromatic rings. The van der Waals surface area contributed by atoms with Gasteiger partial charge in [-0.05, 0) is 18.1 Å². The monoisotopic (exact) mass is 351 g/mol. The van der Waals surface area contributed by atoms with Crippen LogP contribution in [0.3, 0.4) is 0 Å². The van der Waals surface area contributed by atoms with E-state index in [1.807, 2.05) is 10.6 Å². The highest BCUT2D eigenvalue weighted by molar-refractivity contribution is 7.99. The highest BCUT2D eigenvalue weighted by atomic mass is 32.2. The van der Waals surface area contributed by atoms with Gasteiger partial charge in [-0.1, -0.05) is 25.6 Å². The van der Waals surface area contributed by atoms with E-state index in [0.29, 0.717) is 23.3 Å². The third-order valence-electron chi connectivity index (χ3n) is 3.05. The second-order valence-electron chi connectivity index (χ2n) is 5.51. The Morgan fingerprint density at radius 3 is 2.79 bits per heavy atom. The molecule has 0 aromatic carbocycles. The first-order valence-electron chi connectivity index (χ1n) is 7.62. The Morgan fingerprint density at radius 2 is 2.17 bits per heavy atom. The van der Waals surface area contributed by atoms with Gasteiger partial charge in [-0.3, -0.25) is 14.7 Å². The van der Waals surface area contributed by atoms with Crippen LogP contribution in [-0.4, -0.2) is 39.5 Å². The topological polar surface area (TPSA) is 102 Å². The number of carbonyl (C=O) groups excluding carboxylic acids is 2. The van der Waals surface area contributed by atoms with Crippen molar-refractivity contribution in [2.75, 3.05) is 12.8 Å². The third kappa shape index (κ3) is 4.85. The van der Waals surface area contributed by atoms with Gasteiger partial charge < -0.3 is 9.73 Å². The molecule has 2 heterocycles. The van der Waals surface area contributed by atoms with Gasteiger partial charge in [0.15, 0.2) is 16.7 Å². The van der Waals surface area contributed by atoms with E-state index in [9.17, 15) is 9.59 Å². The molecule has 0 aliphatic heterocycles. The smallest absolute Gasteiger partial charge is 0.321 e. The van der Waals surface area contributed by atoms with E-state index < -0.39 is 6.03 Å². The second kappa shape index (κ2) is 8.53. The summed E-state index contributed by atoms with van der Waals surface area (Å²) in [7, 11) is 1.46. The molecule has 0 unspecified atom stereocenters. The third-order valence-corrected chi connectivity index (χ3v) is 4.01. The van der Waals surface area contributed by atoms with E-state index in [0.717, 1.165) is 11.7 Å². The first-order valence-corrected chi connectivity index (χ1v) is 8.61. The Kier molecular flexibility index (Phi) is 6.42. The van der Waals surface area contributed by atoms with Crippen LogP contribution in [-0.2, 0) is 11.3 Å². The van der Waals surface area contributed by atoms with Crippen molar-refractivity contribution in [1.29, 1.82) is 0 Å². The lowest BCUT2D eigenvalue weighted by atomic mass is 10.2. The van der Waals surface area contributed by atoms with Crippen molar-refractivity contribution in [1.82, 2.24) is 25.4 Å². The van der Waals surface area contributed by atoms with Gasteiger partial charge in [-0.2, -0.15) is 0 Å². The summed E-state index contributed by atoms with van der Waals surface area (Å²) in [5.74, 6) is 1.91. The Labute approximate surface area is 144 Å². The zero-order valence-corrected chi connectivity index (χ0v) is 14.7. The number of nitrogens with zero attached hydrogens (tertiary/aromatic N) is 3. The summed E-state index contributed by atoms with van der Waals surface area (Å²) in [6.45, 7) is 4.96. The van der Waals surface area contributed by atoms with Crippen molar-refractivity contribution >= 4 is 23.7 Å². The molecule has 0 bridgehead atoms. The Hall–Kier alpha value is -2.29. The van der Waals surface area contributed by atoms with Gasteiger partial charge in [0.05, 0.1) is 6.26 Å². The first-order chi connectivity index (χ1) is 11.5. The molecule has 9 heteroatoms. The molecule has 0 saturated carbocycles. The second-order valence-corrected chi connectivity index (χ2v) is 6.58. The van der Waals surface area contributed by atoms with E-state index in [1.165, 1.54) is 18.8 Å². The number of carbonyl (C=O) groups is 2. The zero-order valence-electron chi connectivity index (χ0n) is 13.9. The molecule has 0 saturated heterocycles. The van der Waals surface area contributed by atoms with Crippen LogP contribution in [0.2, 0.25) is 0 Å². The molecule has 130 valence electrons. The Morgan fingerprint density at radius 1 is 1.38 bits per heavy atom. The highest BCUT2D eigenvalue weighted by Gasteiger charge is 2.17. The van der Waals surface area contributed by atoms with Crippen LogP contribution < -0.4 is 10.6 Å². The lowest BCUT2D eigenvalue weighted by molar-refractivity contribution is -0.119. The fraction of sp³-hybridized carbons (Fsp3) is 0.467. The van der Waals surface area contributed by atoms with Crippen LogP contribution in [0.1, 0.15) is 20.3 Å². The highest BCUT2D eigenvalue weighted by Crippen LogP contribution is 2.25. The Balaban J connectivity index is 2.02. The van der Waals surface area contributed by atoms with E-state index in [1.54, 1.807) is 12.3 Å². The number of amides is 3. The lowest BCUT2D eigenvalue weighted by Gasteiger charge is -2.11. The molecule has 0 aliphatic rings. The fourth-order valence-corrected chi connectivity index (χ4v) is 2.89. The van der Waals surface area contributed by atoms with Crippen LogP contribution in [0.15, 0.2) is 28.0 Å². The van der Waals surface area contributed by atoms with E-state index in [2.05, 4.69) is 34.7 Å². The van der Waals surface area contributed by atoms with Crippen molar-refractivity contribution in [3.63, 3.8) is 0 Å². The number of imide groups is 1. The maximum Gasteiger partial charge on any atom is 0.321 e. The lowest BCUT2D eigenvalue weighted by Crippen LogP contribution is -2.37. The first kappa shape index (κ1) is 18.1. The van der Waals surface area contributed by atoms with Crippen molar-refractivity contribution < 1.29 is 14.0 Å². The number of urea groups is 1.